The molecular formula is C33H34N2O2S. The second kappa shape index (κ2) is 11.4. The molecule has 194 valence electrons. The minimum atomic E-state index is -0.126. The van der Waals surface area contributed by atoms with Crippen LogP contribution in [-0.4, -0.2) is 41.2 Å². The van der Waals surface area contributed by atoms with E-state index in [9.17, 15) is 9.59 Å². The van der Waals surface area contributed by atoms with Crippen molar-refractivity contribution in [3.63, 3.8) is 0 Å². The molecule has 1 aromatic heterocycles. The molecule has 1 aliphatic rings. The summed E-state index contributed by atoms with van der Waals surface area (Å²) < 4.78 is 0. The van der Waals surface area contributed by atoms with Crippen LogP contribution in [-0.2, 0) is 11.2 Å². The van der Waals surface area contributed by atoms with Crippen molar-refractivity contribution < 1.29 is 9.59 Å². The molecule has 3 aromatic carbocycles. The number of nitrogens with zero attached hydrogens (tertiary/aromatic N) is 2. The second-order valence-electron chi connectivity index (χ2n) is 10.5. The first-order chi connectivity index (χ1) is 18.4. The summed E-state index contributed by atoms with van der Waals surface area (Å²) in [7, 11) is 0. The van der Waals surface area contributed by atoms with Gasteiger partial charge < -0.3 is 9.80 Å². The van der Waals surface area contributed by atoms with Crippen LogP contribution in [0.25, 0.3) is 11.1 Å². The highest BCUT2D eigenvalue weighted by Crippen LogP contribution is 2.38. The third-order valence-electron chi connectivity index (χ3n) is 7.12. The van der Waals surface area contributed by atoms with Gasteiger partial charge >= 0.3 is 0 Å². The zero-order chi connectivity index (χ0) is 26.6. The molecule has 5 heteroatoms. The number of aryl methyl sites for hydroxylation is 1. The van der Waals surface area contributed by atoms with E-state index in [4.69, 9.17) is 0 Å². The fraction of sp³-hybridized carbons (Fsp3) is 0.273. The van der Waals surface area contributed by atoms with Gasteiger partial charge in [0.15, 0.2) is 0 Å². The number of amides is 2. The van der Waals surface area contributed by atoms with Gasteiger partial charge in [-0.1, -0.05) is 86.1 Å². The molecule has 2 heterocycles. The Morgan fingerprint density at radius 1 is 0.921 bits per heavy atom. The SMILES string of the molecule is Cc1ccc(C2c3ccsc3CCN2C(=O)CN(CC(C)C)C(=O)c2ccc(-c3ccccc3)cc2)cc1. The van der Waals surface area contributed by atoms with Crippen LogP contribution in [0.4, 0.5) is 0 Å². The quantitative estimate of drug-likeness (QED) is 0.262. The molecule has 2 amide bonds. The number of hydrogen-bond donors (Lipinski definition) is 0. The van der Waals surface area contributed by atoms with E-state index in [1.165, 1.54) is 16.0 Å². The molecule has 1 unspecified atom stereocenters. The Hall–Kier alpha value is -3.70. The van der Waals surface area contributed by atoms with Gasteiger partial charge in [-0.25, -0.2) is 0 Å². The minimum Gasteiger partial charge on any atom is -0.330 e. The molecule has 0 aliphatic carbocycles. The number of carbonyl (C=O) groups is 2. The standard InChI is InChI=1S/C33H34N2O2S/c1-23(2)21-34(33(37)28-15-13-26(14-16-28)25-7-5-4-6-8-25)22-31(36)35-19-17-30-29(18-20-38-30)32(35)27-11-9-24(3)10-12-27/h4-16,18,20,23,32H,17,19,21-22H2,1-3H3. The first kappa shape index (κ1) is 25.9. The third kappa shape index (κ3) is 5.58. The van der Waals surface area contributed by atoms with Crippen LogP contribution in [0, 0.1) is 12.8 Å². The largest absolute Gasteiger partial charge is 0.330 e. The monoisotopic (exact) mass is 522 g/mol. The van der Waals surface area contributed by atoms with E-state index in [1.807, 2.05) is 47.4 Å². The molecular weight excluding hydrogens is 488 g/mol. The zero-order valence-electron chi connectivity index (χ0n) is 22.3. The fourth-order valence-electron chi connectivity index (χ4n) is 5.23. The van der Waals surface area contributed by atoms with Crippen molar-refractivity contribution in [3.8, 4) is 11.1 Å². The maximum absolute atomic E-state index is 13.9. The molecule has 38 heavy (non-hydrogen) atoms. The van der Waals surface area contributed by atoms with E-state index in [0.29, 0.717) is 18.7 Å². The Bertz CT molecular complexity index is 1390. The molecule has 1 aliphatic heterocycles. The van der Waals surface area contributed by atoms with Gasteiger partial charge in [0.2, 0.25) is 5.91 Å². The molecule has 0 saturated heterocycles. The number of rotatable bonds is 7. The fourth-order valence-corrected chi connectivity index (χ4v) is 6.13. The zero-order valence-corrected chi connectivity index (χ0v) is 23.1. The summed E-state index contributed by atoms with van der Waals surface area (Å²) >= 11 is 1.76. The van der Waals surface area contributed by atoms with Crippen LogP contribution in [0.15, 0.2) is 90.3 Å². The van der Waals surface area contributed by atoms with E-state index in [2.05, 4.69) is 68.6 Å². The summed E-state index contributed by atoms with van der Waals surface area (Å²) in [6.07, 6.45) is 0.847. The van der Waals surface area contributed by atoms with Gasteiger partial charge in [0.05, 0.1) is 6.04 Å². The number of thiophene rings is 1. The van der Waals surface area contributed by atoms with E-state index in [0.717, 1.165) is 23.1 Å². The highest BCUT2D eigenvalue weighted by Gasteiger charge is 2.34. The minimum absolute atomic E-state index is 0.0117. The molecule has 0 spiro atoms. The average molecular weight is 523 g/mol. The third-order valence-corrected chi connectivity index (χ3v) is 8.11. The molecule has 1 atom stereocenters. The number of benzene rings is 3. The molecule has 0 bridgehead atoms. The Morgan fingerprint density at radius 3 is 2.29 bits per heavy atom. The van der Waals surface area contributed by atoms with Gasteiger partial charge in [-0.15, -0.1) is 11.3 Å². The summed E-state index contributed by atoms with van der Waals surface area (Å²) in [5.74, 6) is 0.127. The van der Waals surface area contributed by atoms with Gasteiger partial charge in [0.25, 0.3) is 5.91 Å². The Kier molecular flexibility index (Phi) is 7.75. The lowest BCUT2D eigenvalue weighted by Gasteiger charge is -2.38. The number of hydrogen-bond acceptors (Lipinski definition) is 3. The second-order valence-corrected chi connectivity index (χ2v) is 11.5. The van der Waals surface area contributed by atoms with Crippen molar-refractivity contribution in [1.82, 2.24) is 9.80 Å². The molecule has 0 fully saturated rings. The normalized spacial score (nSPS) is 14.8. The van der Waals surface area contributed by atoms with Crippen LogP contribution >= 0.6 is 11.3 Å². The van der Waals surface area contributed by atoms with E-state index in [-0.39, 0.29) is 30.3 Å². The summed E-state index contributed by atoms with van der Waals surface area (Å²) in [5, 5.41) is 2.12. The molecule has 0 N–H and O–H groups in total. The Balaban J connectivity index is 1.39. The summed E-state index contributed by atoms with van der Waals surface area (Å²) in [6, 6.07) is 28.3. The maximum atomic E-state index is 13.9. The lowest BCUT2D eigenvalue weighted by atomic mass is 9.92. The number of fused-ring (bicyclic) bond motifs is 1. The van der Waals surface area contributed by atoms with Crippen LogP contribution in [0.5, 0.6) is 0 Å². The first-order valence-electron chi connectivity index (χ1n) is 13.3. The predicted molar refractivity (Wildman–Crippen MR) is 155 cm³/mol. The average Bonchev–Trinajstić information content (AvgIpc) is 3.42. The highest BCUT2D eigenvalue weighted by molar-refractivity contribution is 7.10. The molecule has 0 saturated carbocycles. The molecule has 4 nitrogen and oxygen atoms in total. The molecule has 5 rings (SSSR count). The van der Waals surface area contributed by atoms with Crippen LogP contribution < -0.4 is 0 Å². The topological polar surface area (TPSA) is 40.6 Å². The van der Waals surface area contributed by atoms with Crippen molar-refractivity contribution in [2.75, 3.05) is 19.6 Å². The van der Waals surface area contributed by atoms with Crippen molar-refractivity contribution in [3.05, 3.63) is 117 Å². The van der Waals surface area contributed by atoms with Gasteiger partial charge in [-0.05, 0) is 65.1 Å². The van der Waals surface area contributed by atoms with Gasteiger partial charge in [-0.3, -0.25) is 9.59 Å². The van der Waals surface area contributed by atoms with Gasteiger partial charge in [0, 0.05) is 23.5 Å². The van der Waals surface area contributed by atoms with Gasteiger partial charge in [0.1, 0.15) is 6.54 Å². The first-order valence-corrected chi connectivity index (χ1v) is 14.2. The van der Waals surface area contributed by atoms with Crippen molar-refractivity contribution in [2.45, 2.75) is 33.2 Å². The van der Waals surface area contributed by atoms with E-state index >= 15 is 0 Å². The smallest absolute Gasteiger partial charge is 0.254 e. The summed E-state index contributed by atoms with van der Waals surface area (Å²) in [5.41, 5.74) is 6.29. The van der Waals surface area contributed by atoms with Crippen molar-refractivity contribution in [2.24, 2.45) is 5.92 Å². The molecule has 4 aromatic rings. The van der Waals surface area contributed by atoms with Crippen molar-refractivity contribution >= 4 is 23.2 Å². The van der Waals surface area contributed by atoms with Gasteiger partial charge in [-0.2, -0.15) is 0 Å². The Labute approximate surface area is 229 Å². The van der Waals surface area contributed by atoms with Crippen LogP contribution in [0.2, 0.25) is 0 Å². The lowest BCUT2D eigenvalue weighted by molar-refractivity contribution is -0.134. The summed E-state index contributed by atoms with van der Waals surface area (Å²) in [6.45, 7) is 7.48. The molecule has 0 radical (unpaired) electrons. The predicted octanol–water partition coefficient (Wildman–Crippen LogP) is 7.00. The lowest BCUT2D eigenvalue weighted by Crippen LogP contribution is -2.47. The highest BCUT2D eigenvalue weighted by atomic mass is 32.1. The van der Waals surface area contributed by atoms with Crippen molar-refractivity contribution in [1.29, 1.82) is 0 Å². The number of carbonyl (C=O) groups excluding carboxylic acids is 2. The van der Waals surface area contributed by atoms with Crippen LogP contribution in [0.1, 0.15) is 51.8 Å². The van der Waals surface area contributed by atoms with Crippen LogP contribution in [0.3, 0.4) is 0 Å². The maximum Gasteiger partial charge on any atom is 0.254 e. The van der Waals surface area contributed by atoms with E-state index in [1.54, 1.807) is 16.2 Å². The Morgan fingerprint density at radius 2 is 1.61 bits per heavy atom. The van der Waals surface area contributed by atoms with E-state index < -0.39 is 0 Å². The summed E-state index contributed by atoms with van der Waals surface area (Å²) in [4.78, 5) is 32.6.